The number of para-hydroxylation sites is 2. The van der Waals surface area contributed by atoms with Crippen LogP contribution in [0.2, 0.25) is 0 Å². The molecule has 3 rings (SSSR count). The molecule has 0 atom stereocenters. The van der Waals surface area contributed by atoms with Gasteiger partial charge in [0.25, 0.3) is 11.8 Å². The van der Waals surface area contributed by atoms with Crippen LogP contribution >= 0.6 is 0 Å². The molecule has 2 aromatic carbocycles. The van der Waals surface area contributed by atoms with Gasteiger partial charge < -0.3 is 19.4 Å². The topological polar surface area (TPSA) is 71.8 Å². The molecule has 0 aliphatic carbocycles. The number of amides is 2. The molecule has 146 valence electrons. The monoisotopic (exact) mass is 380 g/mol. The summed E-state index contributed by atoms with van der Waals surface area (Å²) in [7, 11) is 0. The van der Waals surface area contributed by atoms with Crippen molar-refractivity contribution in [1.29, 1.82) is 0 Å². The fraction of sp³-hybridized carbons (Fsp3) is 0.273. The third-order valence-electron chi connectivity index (χ3n) is 4.51. The zero-order chi connectivity index (χ0) is 20.1. The number of nitrogens with zero attached hydrogens (tertiary/aromatic N) is 1. The van der Waals surface area contributed by atoms with Gasteiger partial charge in [0.2, 0.25) is 5.76 Å². The number of hydrogen-bond donors (Lipinski definition) is 1. The van der Waals surface area contributed by atoms with Gasteiger partial charge >= 0.3 is 0 Å². The summed E-state index contributed by atoms with van der Waals surface area (Å²) >= 11 is 0. The minimum Gasteiger partial charge on any atom is -0.493 e. The lowest BCUT2D eigenvalue weighted by molar-refractivity contribution is 0.0745. The van der Waals surface area contributed by atoms with Gasteiger partial charge in [0, 0.05) is 18.5 Å². The van der Waals surface area contributed by atoms with Gasteiger partial charge in [-0.25, -0.2) is 0 Å². The molecule has 0 bridgehead atoms. The molecule has 0 unspecified atom stereocenters. The van der Waals surface area contributed by atoms with Gasteiger partial charge in [0.15, 0.2) is 0 Å². The van der Waals surface area contributed by atoms with Crippen LogP contribution in [0.3, 0.4) is 0 Å². The number of carbonyl (C=O) groups is 2. The Morgan fingerprint density at radius 1 is 1.00 bits per heavy atom. The molecule has 0 saturated heterocycles. The van der Waals surface area contributed by atoms with Crippen LogP contribution in [0.25, 0.3) is 11.0 Å². The van der Waals surface area contributed by atoms with E-state index in [1.54, 1.807) is 29.2 Å². The molecule has 0 aliphatic rings. The molecule has 0 fully saturated rings. The lowest BCUT2D eigenvalue weighted by Crippen LogP contribution is -2.31. The number of fused-ring (bicyclic) bond motifs is 1. The van der Waals surface area contributed by atoms with Crippen molar-refractivity contribution in [3.05, 3.63) is 59.9 Å². The quantitative estimate of drug-likeness (QED) is 0.652. The Hall–Kier alpha value is -3.28. The van der Waals surface area contributed by atoms with E-state index in [9.17, 15) is 9.59 Å². The third kappa shape index (κ3) is 3.71. The van der Waals surface area contributed by atoms with Gasteiger partial charge in [-0.2, -0.15) is 0 Å². The van der Waals surface area contributed by atoms with Gasteiger partial charge in [-0.05, 0) is 45.0 Å². The van der Waals surface area contributed by atoms with Crippen LogP contribution in [0.15, 0.2) is 52.9 Å². The first-order chi connectivity index (χ1) is 13.6. The number of anilines is 1. The van der Waals surface area contributed by atoms with E-state index in [4.69, 9.17) is 9.15 Å². The number of carbonyl (C=O) groups excluding carboxylic acids is 2. The zero-order valence-corrected chi connectivity index (χ0v) is 16.3. The second kappa shape index (κ2) is 8.61. The van der Waals surface area contributed by atoms with Crippen LogP contribution < -0.4 is 10.1 Å². The lowest BCUT2D eigenvalue weighted by atomic mass is 10.1. The van der Waals surface area contributed by atoms with Crippen LogP contribution in [0.4, 0.5) is 5.69 Å². The minimum atomic E-state index is -0.357. The molecule has 1 aromatic heterocycles. The van der Waals surface area contributed by atoms with E-state index in [0.29, 0.717) is 47.7 Å². The van der Waals surface area contributed by atoms with Crippen LogP contribution in [0, 0.1) is 0 Å². The van der Waals surface area contributed by atoms with E-state index < -0.39 is 0 Å². The van der Waals surface area contributed by atoms with Crippen molar-refractivity contribution >= 4 is 28.5 Å². The first kappa shape index (κ1) is 19.5. The number of benzene rings is 2. The van der Waals surface area contributed by atoms with Crippen LogP contribution in [0.5, 0.6) is 5.75 Å². The Kier molecular flexibility index (Phi) is 5.99. The Morgan fingerprint density at radius 2 is 1.68 bits per heavy atom. The number of furan rings is 1. The van der Waals surface area contributed by atoms with Gasteiger partial charge in [-0.15, -0.1) is 0 Å². The fourth-order valence-corrected chi connectivity index (χ4v) is 3.09. The Morgan fingerprint density at radius 3 is 2.39 bits per heavy atom. The lowest BCUT2D eigenvalue weighted by Gasteiger charge is -2.18. The number of hydrogen-bond acceptors (Lipinski definition) is 4. The molecule has 28 heavy (non-hydrogen) atoms. The van der Waals surface area contributed by atoms with Crippen molar-refractivity contribution in [3.63, 3.8) is 0 Å². The largest absolute Gasteiger partial charge is 0.493 e. The van der Waals surface area contributed by atoms with Gasteiger partial charge in [-0.3, -0.25) is 9.59 Å². The third-order valence-corrected chi connectivity index (χ3v) is 4.51. The maximum atomic E-state index is 13.0. The van der Waals surface area contributed by atoms with Gasteiger partial charge in [0.05, 0.1) is 12.2 Å². The van der Waals surface area contributed by atoms with Crippen molar-refractivity contribution in [2.45, 2.75) is 20.8 Å². The van der Waals surface area contributed by atoms with Crippen molar-refractivity contribution in [2.24, 2.45) is 0 Å². The van der Waals surface area contributed by atoms with E-state index in [1.807, 2.05) is 45.0 Å². The van der Waals surface area contributed by atoms with Crippen molar-refractivity contribution in [1.82, 2.24) is 4.90 Å². The molecule has 0 radical (unpaired) electrons. The van der Waals surface area contributed by atoms with Gasteiger partial charge in [-0.1, -0.05) is 24.3 Å². The highest BCUT2D eigenvalue weighted by Gasteiger charge is 2.26. The molecule has 6 heteroatoms. The summed E-state index contributed by atoms with van der Waals surface area (Å²) in [4.78, 5) is 27.6. The van der Waals surface area contributed by atoms with E-state index >= 15 is 0 Å². The highest BCUT2D eigenvalue weighted by atomic mass is 16.5. The van der Waals surface area contributed by atoms with Crippen LogP contribution in [0.1, 0.15) is 41.7 Å². The van der Waals surface area contributed by atoms with Crippen molar-refractivity contribution < 1.29 is 18.7 Å². The average molecular weight is 380 g/mol. The van der Waals surface area contributed by atoms with E-state index in [-0.39, 0.29) is 17.6 Å². The molecule has 1 N–H and O–H groups in total. The van der Waals surface area contributed by atoms with Crippen LogP contribution in [-0.4, -0.2) is 36.4 Å². The molecular weight excluding hydrogens is 356 g/mol. The average Bonchev–Trinajstić information content (AvgIpc) is 3.08. The Labute approximate surface area is 164 Å². The first-order valence-electron chi connectivity index (χ1n) is 9.44. The number of ether oxygens (including phenoxy) is 1. The molecule has 0 saturated carbocycles. The van der Waals surface area contributed by atoms with Crippen LogP contribution in [-0.2, 0) is 0 Å². The predicted octanol–water partition coefficient (Wildman–Crippen LogP) is 4.57. The maximum Gasteiger partial charge on any atom is 0.291 e. The molecular formula is C22H24N2O4. The van der Waals surface area contributed by atoms with E-state index in [0.717, 1.165) is 0 Å². The summed E-state index contributed by atoms with van der Waals surface area (Å²) < 4.78 is 11.4. The smallest absolute Gasteiger partial charge is 0.291 e. The second-order valence-corrected chi connectivity index (χ2v) is 6.16. The fourth-order valence-electron chi connectivity index (χ4n) is 3.09. The summed E-state index contributed by atoms with van der Waals surface area (Å²) in [6.07, 6.45) is 0. The highest BCUT2D eigenvalue weighted by Crippen LogP contribution is 2.33. The normalized spacial score (nSPS) is 10.7. The molecule has 3 aromatic rings. The summed E-state index contributed by atoms with van der Waals surface area (Å²) in [5, 5.41) is 3.55. The second-order valence-electron chi connectivity index (χ2n) is 6.16. The summed E-state index contributed by atoms with van der Waals surface area (Å²) in [6, 6.07) is 14.3. The number of nitrogens with one attached hydrogen (secondary N) is 1. The Balaban J connectivity index is 2.04. The van der Waals surface area contributed by atoms with E-state index in [2.05, 4.69) is 5.32 Å². The number of rotatable bonds is 7. The predicted molar refractivity (Wildman–Crippen MR) is 109 cm³/mol. The molecule has 0 spiro atoms. The van der Waals surface area contributed by atoms with Gasteiger partial charge in [0.1, 0.15) is 17.0 Å². The SMILES string of the molecule is CCOc1ccccc1C(=O)Nc1c(C(=O)N(CC)CC)oc2ccccc12. The highest BCUT2D eigenvalue weighted by molar-refractivity contribution is 6.15. The molecule has 1 heterocycles. The Bertz CT molecular complexity index is 989. The van der Waals surface area contributed by atoms with E-state index in [1.165, 1.54) is 0 Å². The minimum absolute atomic E-state index is 0.132. The van der Waals surface area contributed by atoms with Crippen molar-refractivity contribution in [2.75, 3.05) is 25.0 Å². The standard InChI is InChI=1S/C22H24N2O4/c1-4-24(5-2)22(26)20-19(15-11-7-10-14-18(15)28-20)23-21(25)16-12-8-9-13-17(16)27-6-3/h7-14H,4-6H2,1-3H3,(H,23,25). The molecule has 2 amide bonds. The summed E-state index contributed by atoms with van der Waals surface area (Å²) in [5.74, 6) is 0.0119. The summed E-state index contributed by atoms with van der Waals surface area (Å²) in [5.41, 5.74) is 1.33. The van der Waals surface area contributed by atoms with Crippen molar-refractivity contribution in [3.8, 4) is 5.75 Å². The molecule has 6 nitrogen and oxygen atoms in total. The molecule has 0 aliphatic heterocycles. The first-order valence-corrected chi connectivity index (χ1v) is 9.44. The maximum absolute atomic E-state index is 13.0. The summed E-state index contributed by atoms with van der Waals surface area (Å²) in [6.45, 7) is 7.21. The zero-order valence-electron chi connectivity index (χ0n) is 16.3.